The normalized spacial score (nSPS) is 16.8. The summed E-state index contributed by atoms with van der Waals surface area (Å²) in [7, 11) is 0. The van der Waals surface area contributed by atoms with E-state index in [1.165, 1.54) is 17.0 Å². The fourth-order valence-corrected chi connectivity index (χ4v) is 2.92. The molecule has 1 heterocycles. The SMILES string of the molecule is CC(C)(C)OC(=O)Nc1cc(NC(=O)[C@@H]2CCCN2C(=O)OC(C)(C)C)ccc1F. The zero-order valence-electron chi connectivity index (χ0n) is 18.3. The molecular formula is C21H30FN3O5. The van der Waals surface area contributed by atoms with Crippen molar-refractivity contribution in [3.05, 3.63) is 24.0 Å². The quantitative estimate of drug-likeness (QED) is 0.746. The molecule has 3 amide bonds. The summed E-state index contributed by atoms with van der Waals surface area (Å²) in [6.45, 7) is 10.8. The van der Waals surface area contributed by atoms with Crippen molar-refractivity contribution in [2.45, 2.75) is 71.6 Å². The number of halogens is 1. The van der Waals surface area contributed by atoms with E-state index in [-0.39, 0.29) is 11.4 Å². The summed E-state index contributed by atoms with van der Waals surface area (Å²) in [5, 5.41) is 5.00. The highest BCUT2D eigenvalue weighted by molar-refractivity contribution is 5.97. The minimum atomic E-state index is -0.809. The van der Waals surface area contributed by atoms with Gasteiger partial charge >= 0.3 is 12.2 Å². The first kappa shape index (κ1) is 23.4. The number of rotatable bonds is 3. The van der Waals surface area contributed by atoms with Gasteiger partial charge in [0.25, 0.3) is 0 Å². The van der Waals surface area contributed by atoms with E-state index in [0.717, 1.165) is 6.07 Å². The number of carbonyl (C=O) groups is 3. The molecule has 0 bridgehead atoms. The zero-order chi connectivity index (χ0) is 22.7. The van der Waals surface area contributed by atoms with Gasteiger partial charge in [0.05, 0.1) is 5.69 Å². The molecule has 2 rings (SSSR count). The number of anilines is 2. The molecule has 0 saturated carbocycles. The topological polar surface area (TPSA) is 97.0 Å². The van der Waals surface area contributed by atoms with E-state index in [0.29, 0.717) is 19.4 Å². The van der Waals surface area contributed by atoms with Crippen molar-refractivity contribution in [2.75, 3.05) is 17.2 Å². The lowest BCUT2D eigenvalue weighted by Crippen LogP contribution is -2.45. The molecule has 0 aromatic heterocycles. The van der Waals surface area contributed by atoms with Crippen LogP contribution in [0.2, 0.25) is 0 Å². The number of amides is 3. The summed E-state index contributed by atoms with van der Waals surface area (Å²) >= 11 is 0. The monoisotopic (exact) mass is 423 g/mol. The third-order valence-electron chi connectivity index (χ3n) is 4.05. The van der Waals surface area contributed by atoms with Crippen LogP contribution in [0.15, 0.2) is 18.2 Å². The van der Waals surface area contributed by atoms with E-state index in [9.17, 15) is 18.8 Å². The number of benzene rings is 1. The maximum atomic E-state index is 14.1. The van der Waals surface area contributed by atoms with E-state index < -0.39 is 41.2 Å². The summed E-state index contributed by atoms with van der Waals surface area (Å²) in [6.07, 6.45) is -0.190. The van der Waals surface area contributed by atoms with Gasteiger partial charge in [-0.1, -0.05) is 0 Å². The molecule has 8 nitrogen and oxygen atoms in total. The number of carbonyl (C=O) groups excluding carboxylic acids is 3. The molecule has 1 aliphatic heterocycles. The second kappa shape index (κ2) is 8.89. The summed E-state index contributed by atoms with van der Waals surface area (Å²) in [6, 6.07) is 3.11. The van der Waals surface area contributed by atoms with Crippen LogP contribution in [0.25, 0.3) is 0 Å². The van der Waals surface area contributed by atoms with Crippen molar-refractivity contribution >= 4 is 29.5 Å². The first-order valence-electron chi connectivity index (χ1n) is 9.85. The number of nitrogens with zero attached hydrogens (tertiary/aromatic N) is 1. The average Bonchev–Trinajstić information content (AvgIpc) is 3.04. The van der Waals surface area contributed by atoms with Crippen molar-refractivity contribution in [1.82, 2.24) is 4.90 Å². The molecule has 2 N–H and O–H groups in total. The van der Waals surface area contributed by atoms with Crippen LogP contribution in [0.1, 0.15) is 54.4 Å². The van der Waals surface area contributed by atoms with Gasteiger partial charge in [-0.05, 0) is 72.6 Å². The van der Waals surface area contributed by atoms with Gasteiger partial charge in [-0.15, -0.1) is 0 Å². The second-order valence-corrected chi connectivity index (χ2v) is 9.14. The van der Waals surface area contributed by atoms with Gasteiger partial charge in [0, 0.05) is 12.2 Å². The Bertz CT molecular complexity index is 814. The minimum absolute atomic E-state index is 0.127. The Morgan fingerprint density at radius 2 is 1.67 bits per heavy atom. The smallest absolute Gasteiger partial charge is 0.412 e. The maximum Gasteiger partial charge on any atom is 0.412 e. The van der Waals surface area contributed by atoms with Gasteiger partial charge in [-0.25, -0.2) is 14.0 Å². The number of likely N-dealkylation sites (tertiary alicyclic amines) is 1. The first-order valence-corrected chi connectivity index (χ1v) is 9.85. The van der Waals surface area contributed by atoms with Crippen molar-refractivity contribution in [2.24, 2.45) is 0 Å². The second-order valence-electron chi connectivity index (χ2n) is 9.14. The van der Waals surface area contributed by atoms with Gasteiger partial charge < -0.3 is 14.8 Å². The Morgan fingerprint density at radius 3 is 2.27 bits per heavy atom. The molecule has 1 atom stereocenters. The molecule has 0 aliphatic carbocycles. The van der Waals surface area contributed by atoms with Crippen molar-refractivity contribution in [1.29, 1.82) is 0 Å². The van der Waals surface area contributed by atoms with E-state index in [2.05, 4.69) is 10.6 Å². The molecule has 0 spiro atoms. The first-order chi connectivity index (χ1) is 13.7. The van der Waals surface area contributed by atoms with Crippen LogP contribution in [0.3, 0.4) is 0 Å². The van der Waals surface area contributed by atoms with Crippen molar-refractivity contribution in [3.63, 3.8) is 0 Å². The van der Waals surface area contributed by atoms with Gasteiger partial charge in [0.1, 0.15) is 23.1 Å². The fourth-order valence-electron chi connectivity index (χ4n) is 2.92. The van der Waals surface area contributed by atoms with Crippen LogP contribution in [-0.2, 0) is 14.3 Å². The zero-order valence-corrected chi connectivity index (χ0v) is 18.3. The standard InChI is InChI=1S/C21H30FN3O5/c1-20(2,3)29-18(27)24-15-12-13(9-10-14(15)22)23-17(26)16-8-7-11-25(16)19(28)30-21(4,5)6/h9-10,12,16H,7-8,11H2,1-6H3,(H,23,26)(H,24,27)/t16-/m0/s1. The summed E-state index contributed by atoms with van der Waals surface area (Å²) in [4.78, 5) is 38.4. The Morgan fingerprint density at radius 1 is 1.03 bits per heavy atom. The molecule has 30 heavy (non-hydrogen) atoms. The molecule has 1 fully saturated rings. The Hall–Kier alpha value is -2.84. The largest absolute Gasteiger partial charge is 0.444 e. The van der Waals surface area contributed by atoms with Gasteiger partial charge in [-0.2, -0.15) is 0 Å². The van der Waals surface area contributed by atoms with Crippen LogP contribution in [0.4, 0.5) is 25.4 Å². The summed E-state index contributed by atoms with van der Waals surface area (Å²) in [5.74, 6) is -1.08. The lowest BCUT2D eigenvalue weighted by molar-refractivity contribution is -0.120. The van der Waals surface area contributed by atoms with Gasteiger partial charge in [0.2, 0.25) is 5.91 Å². The average molecular weight is 423 g/mol. The van der Waals surface area contributed by atoms with E-state index in [1.54, 1.807) is 41.5 Å². The predicted molar refractivity (Wildman–Crippen MR) is 111 cm³/mol. The fraction of sp³-hybridized carbons (Fsp3) is 0.571. The molecule has 1 aromatic carbocycles. The predicted octanol–water partition coefficient (Wildman–Crippen LogP) is 4.51. The maximum absolute atomic E-state index is 14.1. The Labute approximate surface area is 176 Å². The van der Waals surface area contributed by atoms with Gasteiger partial charge in [0.15, 0.2) is 0 Å². The van der Waals surface area contributed by atoms with Gasteiger partial charge in [-0.3, -0.25) is 15.0 Å². The lowest BCUT2D eigenvalue weighted by Gasteiger charge is -2.28. The number of hydrogen-bond acceptors (Lipinski definition) is 5. The molecular weight excluding hydrogens is 393 g/mol. The van der Waals surface area contributed by atoms with Crippen LogP contribution in [0.5, 0.6) is 0 Å². The number of hydrogen-bond donors (Lipinski definition) is 2. The third kappa shape index (κ3) is 6.89. The molecule has 1 aliphatic rings. The third-order valence-corrected chi connectivity index (χ3v) is 4.05. The molecule has 9 heteroatoms. The Balaban J connectivity index is 2.07. The van der Waals surface area contributed by atoms with Crippen LogP contribution < -0.4 is 10.6 Å². The molecule has 0 unspecified atom stereocenters. The highest BCUT2D eigenvalue weighted by Crippen LogP contribution is 2.24. The molecule has 1 aromatic rings. The van der Waals surface area contributed by atoms with Crippen LogP contribution in [0, 0.1) is 5.82 Å². The number of ether oxygens (including phenoxy) is 2. The summed E-state index contributed by atoms with van der Waals surface area (Å²) < 4.78 is 24.6. The van der Waals surface area contributed by atoms with E-state index >= 15 is 0 Å². The molecule has 0 radical (unpaired) electrons. The van der Waals surface area contributed by atoms with Crippen LogP contribution >= 0.6 is 0 Å². The molecule has 166 valence electrons. The van der Waals surface area contributed by atoms with Crippen LogP contribution in [-0.4, -0.2) is 46.8 Å². The highest BCUT2D eigenvalue weighted by atomic mass is 19.1. The van der Waals surface area contributed by atoms with Crippen molar-refractivity contribution < 1.29 is 28.2 Å². The minimum Gasteiger partial charge on any atom is -0.444 e. The van der Waals surface area contributed by atoms with E-state index in [4.69, 9.17) is 9.47 Å². The Kier molecular flexibility index (Phi) is 6.95. The highest BCUT2D eigenvalue weighted by Gasteiger charge is 2.36. The summed E-state index contributed by atoms with van der Waals surface area (Å²) in [5.41, 5.74) is -1.25. The van der Waals surface area contributed by atoms with E-state index in [1.807, 2.05) is 0 Å². The molecule has 1 saturated heterocycles. The lowest BCUT2D eigenvalue weighted by atomic mass is 10.2. The van der Waals surface area contributed by atoms with Crippen molar-refractivity contribution in [3.8, 4) is 0 Å². The number of nitrogens with one attached hydrogen (secondary N) is 2.